The smallest absolute Gasteiger partial charge is 0.352 e. The first-order chi connectivity index (χ1) is 11.9. The number of imidazole rings is 1. The van der Waals surface area contributed by atoms with Crippen LogP contribution in [0.15, 0.2) is 23.7 Å². The van der Waals surface area contributed by atoms with Crippen LogP contribution in [0.4, 0.5) is 24.1 Å². The van der Waals surface area contributed by atoms with Gasteiger partial charge in [-0.15, -0.1) is 16.4 Å². The molecule has 25 heavy (non-hydrogen) atoms. The van der Waals surface area contributed by atoms with Gasteiger partial charge in [-0.2, -0.15) is 13.2 Å². The number of thiazole rings is 1. The van der Waals surface area contributed by atoms with E-state index in [9.17, 15) is 13.2 Å². The van der Waals surface area contributed by atoms with Gasteiger partial charge in [0.1, 0.15) is 5.82 Å². The molecular weight excluding hydrogens is 353 g/mol. The number of fused-ring (bicyclic) bond motifs is 1. The van der Waals surface area contributed by atoms with Gasteiger partial charge in [-0.05, 0) is 19.1 Å². The van der Waals surface area contributed by atoms with Crippen molar-refractivity contribution in [2.75, 3.05) is 36.0 Å². The number of rotatable bonds is 2. The molecule has 0 bridgehead atoms. The van der Waals surface area contributed by atoms with Gasteiger partial charge in [0.15, 0.2) is 16.5 Å². The Bertz CT molecular complexity index is 894. The molecule has 0 unspecified atom stereocenters. The van der Waals surface area contributed by atoms with Gasteiger partial charge in [-0.25, -0.2) is 14.5 Å². The molecule has 132 valence electrons. The molecule has 0 spiro atoms. The van der Waals surface area contributed by atoms with Crippen molar-refractivity contribution in [3.63, 3.8) is 0 Å². The molecule has 0 saturated carbocycles. The van der Waals surface area contributed by atoms with Gasteiger partial charge < -0.3 is 9.80 Å². The summed E-state index contributed by atoms with van der Waals surface area (Å²) in [7, 11) is 0. The summed E-state index contributed by atoms with van der Waals surface area (Å²) >= 11 is 1.03. The number of piperazine rings is 1. The third-order valence-electron chi connectivity index (χ3n) is 4.08. The fourth-order valence-electron chi connectivity index (χ4n) is 2.83. The number of hydrogen-bond donors (Lipinski definition) is 0. The number of anilines is 2. The van der Waals surface area contributed by atoms with Crippen LogP contribution in [0.1, 0.15) is 11.4 Å². The van der Waals surface area contributed by atoms with Crippen LogP contribution < -0.4 is 9.80 Å². The van der Waals surface area contributed by atoms with Crippen LogP contribution in [0, 0.1) is 6.92 Å². The predicted octanol–water partition coefficient (Wildman–Crippen LogP) is 2.84. The highest BCUT2D eigenvalue weighted by Crippen LogP contribution is 2.33. The molecule has 0 atom stereocenters. The van der Waals surface area contributed by atoms with Crippen LogP contribution in [-0.4, -0.2) is 45.8 Å². The first kappa shape index (κ1) is 16.1. The minimum absolute atomic E-state index is 0.417. The van der Waals surface area contributed by atoms with Crippen molar-refractivity contribution in [1.29, 1.82) is 0 Å². The quantitative estimate of drug-likeness (QED) is 0.696. The van der Waals surface area contributed by atoms with E-state index in [4.69, 9.17) is 0 Å². The van der Waals surface area contributed by atoms with Crippen LogP contribution in [-0.2, 0) is 6.18 Å². The first-order valence-corrected chi connectivity index (χ1v) is 8.64. The number of alkyl halides is 3. The highest BCUT2D eigenvalue weighted by atomic mass is 32.1. The highest BCUT2D eigenvalue weighted by molar-refractivity contribution is 7.13. The Kier molecular flexibility index (Phi) is 3.78. The molecule has 0 aromatic carbocycles. The Morgan fingerprint density at radius 1 is 1.04 bits per heavy atom. The number of nitrogens with zero attached hydrogens (tertiary/aromatic N) is 6. The van der Waals surface area contributed by atoms with E-state index in [1.54, 1.807) is 4.52 Å². The Morgan fingerprint density at radius 3 is 2.44 bits per heavy atom. The second-order valence-electron chi connectivity index (χ2n) is 5.86. The Labute approximate surface area is 145 Å². The largest absolute Gasteiger partial charge is 0.434 e. The van der Waals surface area contributed by atoms with Crippen molar-refractivity contribution in [1.82, 2.24) is 19.6 Å². The molecule has 1 fully saturated rings. The maximum atomic E-state index is 12.7. The van der Waals surface area contributed by atoms with E-state index in [1.165, 1.54) is 0 Å². The van der Waals surface area contributed by atoms with E-state index >= 15 is 0 Å². The molecule has 0 amide bonds. The molecule has 0 N–H and O–H groups in total. The second kappa shape index (κ2) is 5.87. The molecule has 3 aromatic rings. The van der Waals surface area contributed by atoms with Crippen LogP contribution in [0.2, 0.25) is 0 Å². The molecule has 10 heteroatoms. The summed E-state index contributed by atoms with van der Waals surface area (Å²) in [4.78, 5) is 12.1. The van der Waals surface area contributed by atoms with E-state index in [1.807, 2.05) is 30.2 Å². The fourth-order valence-corrected chi connectivity index (χ4v) is 3.71. The predicted molar refractivity (Wildman–Crippen MR) is 89.3 cm³/mol. The SMILES string of the molecule is Cc1cn2nc(N3CCN(c4nc(C(F)(F)F)cs4)CC3)ccc2n1. The van der Waals surface area contributed by atoms with Crippen molar-refractivity contribution in [2.45, 2.75) is 13.1 Å². The molecule has 0 radical (unpaired) electrons. The van der Waals surface area contributed by atoms with Gasteiger partial charge in [-0.3, -0.25) is 0 Å². The fraction of sp³-hybridized carbons (Fsp3) is 0.400. The van der Waals surface area contributed by atoms with E-state index < -0.39 is 11.9 Å². The third kappa shape index (κ3) is 3.13. The van der Waals surface area contributed by atoms with E-state index in [2.05, 4.69) is 20.0 Å². The topological polar surface area (TPSA) is 49.6 Å². The Balaban J connectivity index is 1.46. The number of halogens is 3. The standard InChI is InChI=1S/C15H15F3N6S/c1-10-8-24-12(19-10)2-3-13(21-24)22-4-6-23(7-5-22)14-20-11(9-25-14)15(16,17)18/h2-3,8-9H,4-7H2,1H3. The van der Waals surface area contributed by atoms with Crippen LogP contribution in [0.5, 0.6) is 0 Å². The Hall–Kier alpha value is -2.36. The minimum Gasteiger partial charge on any atom is -0.352 e. The van der Waals surface area contributed by atoms with Crippen LogP contribution in [0.3, 0.4) is 0 Å². The summed E-state index contributed by atoms with van der Waals surface area (Å²) in [6.45, 7) is 4.47. The number of aryl methyl sites for hydroxylation is 1. The van der Waals surface area contributed by atoms with E-state index in [-0.39, 0.29) is 0 Å². The lowest BCUT2D eigenvalue weighted by atomic mass is 10.3. The number of aromatic nitrogens is 4. The monoisotopic (exact) mass is 368 g/mol. The summed E-state index contributed by atoms with van der Waals surface area (Å²) < 4.78 is 39.8. The maximum absolute atomic E-state index is 12.7. The van der Waals surface area contributed by atoms with Gasteiger partial charge in [0, 0.05) is 31.6 Å². The van der Waals surface area contributed by atoms with Gasteiger partial charge in [0.05, 0.1) is 11.9 Å². The normalized spacial score (nSPS) is 16.0. The average molecular weight is 368 g/mol. The molecule has 0 aliphatic carbocycles. The van der Waals surface area contributed by atoms with Crippen molar-refractivity contribution in [3.8, 4) is 0 Å². The molecule has 1 saturated heterocycles. The maximum Gasteiger partial charge on any atom is 0.434 e. The molecular formula is C15H15F3N6S. The van der Waals surface area contributed by atoms with Crippen molar-refractivity contribution in [2.24, 2.45) is 0 Å². The zero-order valence-corrected chi connectivity index (χ0v) is 14.2. The van der Waals surface area contributed by atoms with Gasteiger partial charge in [0.2, 0.25) is 0 Å². The Morgan fingerprint density at radius 2 is 1.76 bits per heavy atom. The molecule has 3 aromatic heterocycles. The molecule has 1 aliphatic heterocycles. The average Bonchev–Trinajstić information content (AvgIpc) is 3.19. The van der Waals surface area contributed by atoms with Gasteiger partial charge >= 0.3 is 6.18 Å². The summed E-state index contributed by atoms with van der Waals surface area (Å²) in [6, 6.07) is 3.83. The van der Waals surface area contributed by atoms with Gasteiger partial charge in [-0.1, -0.05) is 0 Å². The lowest BCUT2D eigenvalue weighted by Gasteiger charge is -2.35. The van der Waals surface area contributed by atoms with Crippen molar-refractivity contribution >= 4 is 27.9 Å². The second-order valence-corrected chi connectivity index (χ2v) is 6.70. The first-order valence-electron chi connectivity index (χ1n) is 7.76. The van der Waals surface area contributed by atoms with E-state index in [0.717, 1.165) is 33.9 Å². The number of hydrogen-bond acceptors (Lipinski definition) is 6. The summed E-state index contributed by atoms with van der Waals surface area (Å²) in [5, 5.41) is 6.04. The highest BCUT2D eigenvalue weighted by Gasteiger charge is 2.34. The minimum atomic E-state index is -4.39. The molecule has 4 rings (SSSR count). The zero-order chi connectivity index (χ0) is 17.6. The summed E-state index contributed by atoms with van der Waals surface area (Å²) in [5.41, 5.74) is 0.874. The molecule has 4 heterocycles. The van der Waals surface area contributed by atoms with Crippen LogP contribution in [0.25, 0.3) is 5.65 Å². The van der Waals surface area contributed by atoms with Crippen LogP contribution >= 0.6 is 11.3 Å². The van der Waals surface area contributed by atoms with Crippen molar-refractivity contribution in [3.05, 3.63) is 35.1 Å². The molecule has 1 aliphatic rings. The molecule has 6 nitrogen and oxygen atoms in total. The van der Waals surface area contributed by atoms with Crippen molar-refractivity contribution < 1.29 is 13.2 Å². The summed E-state index contributed by atoms with van der Waals surface area (Å²) in [5.74, 6) is 0.833. The summed E-state index contributed by atoms with van der Waals surface area (Å²) in [6.07, 6.45) is -2.53. The third-order valence-corrected chi connectivity index (χ3v) is 4.98. The zero-order valence-electron chi connectivity index (χ0n) is 13.4. The lowest BCUT2D eigenvalue weighted by molar-refractivity contribution is -0.140. The van der Waals surface area contributed by atoms with Gasteiger partial charge in [0.25, 0.3) is 0 Å². The lowest BCUT2D eigenvalue weighted by Crippen LogP contribution is -2.47. The van der Waals surface area contributed by atoms with E-state index in [0.29, 0.717) is 31.3 Å².